The molecule has 62 heavy (non-hydrogen) atoms. The summed E-state index contributed by atoms with van der Waals surface area (Å²) >= 11 is 0. The van der Waals surface area contributed by atoms with Crippen molar-refractivity contribution in [1.29, 1.82) is 0 Å². The van der Waals surface area contributed by atoms with E-state index in [9.17, 15) is 45.3 Å². The molecule has 342 valence electrons. The fourth-order valence-electron chi connectivity index (χ4n) is 11.9. The molecule has 0 bridgehead atoms. The molecule has 0 aromatic carbocycles. The molecule has 8 rings (SSSR count). The summed E-state index contributed by atoms with van der Waals surface area (Å²) in [5.41, 5.74) is -0.236. The van der Waals surface area contributed by atoms with E-state index < -0.39 is 29.5 Å². The number of ketones is 2. The molecule has 0 spiro atoms. The molecule has 4 aliphatic carbocycles. The van der Waals surface area contributed by atoms with Gasteiger partial charge in [-0.15, -0.1) is 0 Å². The maximum atomic E-state index is 12.4. The van der Waals surface area contributed by atoms with Gasteiger partial charge in [0.05, 0.1) is 32.5 Å². The zero-order valence-corrected chi connectivity index (χ0v) is 36.5. The summed E-state index contributed by atoms with van der Waals surface area (Å²) in [6, 6.07) is 0. The van der Waals surface area contributed by atoms with E-state index in [0.717, 1.165) is 88.3 Å². The highest BCUT2D eigenvalue weighted by molar-refractivity contribution is 6.01. The Labute approximate surface area is 364 Å². The highest BCUT2D eigenvalue weighted by Crippen LogP contribution is 2.67. The summed E-state index contributed by atoms with van der Waals surface area (Å²) in [6.45, 7) is 7.72. The van der Waals surface area contributed by atoms with Gasteiger partial charge in [0.25, 0.3) is 0 Å². The van der Waals surface area contributed by atoms with Crippen molar-refractivity contribution in [2.45, 2.75) is 96.2 Å². The molecular formula is C45H68N8O9. The van der Waals surface area contributed by atoms with Crippen molar-refractivity contribution in [3.63, 3.8) is 0 Å². The van der Waals surface area contributed by atoms with Crippen LogP contribution in [0, 0.1) is 28.6 Å². The lowest BCUT2D eigenvalue weighted by Crippen LogP contribution is -2.61. The van der Waals surface area contributed by atoms with Crippen molar-refractivity contribution in [2.24, 2.45) is 28.6 Å². The predicted octanol–water partition coefficient (Wildman–Crippen LogP) is 1.54. The first-order valence-corrected chi connectivity index (χ1v) is 22.9. The smallest absolute Gasteiger partial charge is 0.228 e. The lowest BCUT2D eigenvalue weighted by Gasteiger charge is -2.59. The average molecular weight is 865 g/mol. The van der Waals surface area contributed by atoms with Crippen LogP contribution in [0.5, 0.6) is 0 Å². The minimum atomic E-state index is -1.56. The summed E-state index contributed by atoms with van der Waals surface area (Å²) in [5.74, 6) is 2.12. The van der Waals surface area contributed by atoms with Crippen molar-refractivity contribution in [3.05, 3.63) is 23.8 Å². The summed E-state index contributed by atoms with van der Waals surface area (Å²) in [6.07, 6.45) is 14.3. The van der Waals surface area contributed by atoms with Crippen LogP contribution in [0.4, 0.5) is 23.5 Å². The normalized spacial score (nSPS) is 30.5. The maximum Gasteiger partial charge on any atom is 0.228 e. The van der Waals surface area contributed by atoms with Crippen LogP contribution in [0.3, 0.4) is 0 Å². The van der Waals surface area contributed by atoms with Gasteiger partial charge in [-0.2, -0.15) is 9.97 Å². The van der Waals surface area contributed by atoms with E-state index in [4.69, 9.17) is 19.9 Å². The van der Waals surface area contributed by atoms with Crippen molar-refractivity contribution in [3.8, 4) is 0 Å². The van der Waals surface area contributed by atoms with Crippen LogP contribution >= 0.6 is 0 Å². The number of piperidine rings is 2. The number of allylic oxidation sites excluding steroid dienone is 4. The van der Waals surface area contributed by atoms with E-state index in [0.29, 0.717) is 62.0 Å². The minimum Gasteiger partial charge on any atom is -0.395 e. The molecule has 0 unspecified atom stereocenters. The third-order valence-electron chi connectivity index (χ3n) is 15.1. The Bertz CT molecular complexity index is 1880. The number of Topliss-reactive ketones (excluding diaryl/α,β-unsaturated/α-hetero) is 1. The standard InChI is InChI=1S/C24H40N8O4.C21H28O5/c33-15-11-31(12-16-34)23-26-20-19(21(27-23)29-7-3-1-4-8-29)25-24(32(13-17-35)14-18-36)28-22(20)30-9-5-2-6-10-30;1-19-7-5-13(23)9-12(19)3-4-14-15-6-8-21(26,17(25)11-22)20(15,2)10-16(24)18(14)19/h33-36H,1-18H2;5,7,9,14-16,18,22,24,26H,3-4,6,8,10-11H2,1-2H3/t;14-,15-,16-,18+,19-,20-,21-/m.0/s1. The van der Waals surface area contributed by atoms with E-state index in [1.807, 2.05) is 13.0 Å². The molecule has 2 aromatic rings. The van der Waals surface area contributed by atoms with Crippen molar-refractivity contribution >= 4 is 46.1 Å². The molecule has 2 saturated heterocycles. The Balaban J connectivity index is 0.000000196. The summed E-state index contributed by atoms with van der Waals surface area (Å²) < 4.78 is 0. The fraction of sp³-hybridized carbons (Fsp3) is 0.733. The second kappa shape index (κ2) is 19.5. The zero-order chi connectivity index (χ0) is 44.2. The first-order valence-electron chi connectivity index (χ1n) is 22.9. The Morgan fingerprint density at radius 1 is 0.758 bits per heavy atom. The van der Waals surface area contributed by atoms with Crippen molar-refractivity contribution in [2.75, 3.05) is 105 Å². The molecule has 3 saturated carbocycles. The monoisotopic (exact) mass is 865 g/mol. The Morgan fingerprint density at radius 3 is 1.73 bits per heavy atom. The summed E-state index contributed by atoms with van der Waals surface area (Å²) in [7, 11) is 0. The van der Waals surface area contributed by atoms with Gasteiger partial charge in [0.2, 0.25) is 11.9 Å². The topological polar surface area (TPSA) is 240 Å². The van der Waals surface area contributed by atoms with E-state index in [1.165, 1.54) is 12.8 Å². The van der Waals surface area contributed by atoms with Gasteiger partial charge >= 0.3 is 0 Å². The van der Waals surface area contributed by atoms with Crippen LogP contribution in [-0.2, 0) is 9.59 Å². The second-order valence-electron chi connectivity index (χ2n) is 18.5. The maximum absolute atomic E-state index is 12.4. The van der Waals surface area contributed by atoms with Gasteiger partial charge in [0, 0.05) is 69.1 Å². The highest BCUT2D eigenvalue weighted by atomic mass is 16.3. The number of carbonyl (C=O) groups is 2. The van der Waals surface area contributed by atoms with Gasteiger partial charge in [0.1, 0.15) is 23.2 Å². The highest BCUT2D eigenvalue weighted by Gasteiger charge is 2.68. The van der Waals surface area contributed by atoms with Gasteiger partial charge in [-0.1, -0.05) is 25.5 Å². The molecule has 17 nitrogen and oxygen atoms in total. The van der Waals surface area contributed by atoms with Gasteiger partial charge in [-0.05, 0) is 94.6 Å². The van der Waals surface area contributed by atoms with E-state index in [2.05, 4.69) is 16.7 Å². The molecule has 0 radical (unpaired) electrons. The number of hydrogen-bond donors (Lipinski definition) is 7. The van der Waals surface area contributed by atoms with E-state index >= 15 is 0 Å². The molecule has 0 amide bonds. The van der Waals surface area contributed by atoms with Crippen LogP contribution in [0.25, 0.3) is 11.0 Å². The number of aliphatic hydroxyl groups excluding tert-OH is 6. The molecule has 4 heterocycles. The quantitative estimate of drug-likeness (QED) is 0.143. The molecular weight excluding hydrogens is 797 g/mol. The fourth-order valence-corrected chi connectivity index (χ4v) is 11.9. The number of carbonyl (C=O) groups excluding carboxylic acids is 2. The molecule has 6 aliphatic rings. The molecule has 5 fully saturated rings. The number of aliphatic hydroxyl groups is 7. The molecule has 17 heteroatoms. The minimum absolute atomic E-state index is 0.00912. The number of rotatable bonds is 14. The first kappa shape index (κ1) is 46.2. The van der Waals surface area contributed by atoms with Crippen molar-refractivity contribution < 1.29 is 45.3 Å². The Hall–Kier alpha value is -3.84. The van der Waals surface area contributed by atoms with Crippen LogP contribution < -0.4 is 19.6 Å². The second-order valence-corrected chi connectivity index (χ2v) is 18.5. The first-order chi connectivity index (χ1) is 29.9. The largest absolute Gasteiger partial charge is 0.395 e. The number of nitrogens with zero attached hydrogens (tertiary/aromatic N) is 8. The molecule has 7 N–H and O–H groups in total. The predicted molar refractivity (Wildman–Crippen MR) is 235 cm³/mol. The van der Waals surface area contributed by atoms with Gasteiger partial charge < -0.3 is 55.3 Å². The summed E-state index contributed by atoms with van der Waals surface area (Å²) in [4.78, 5) is 51.9. The lowest BCUT2D eigenvalue weighted by molar-refractivity contribution is -0.178. The Kier molecular flexibility index (Phi) is 14.5. The number of aromatic nitrogens is 4. The number of hydrogen-bond acceptors (Lipinski definition) is 17. The SMILES string of the molecule is C[C@]12C=CC(=O)C=C1CC[C@@H]1[C@@H]2[C@@H](O)C[C@@]2(C)[C@H]1CC[C@]2(O)C(=O)CO.OCCN(CCO)c1nc(N2CCCCC2)c2nc(N(CCO)CCO)nc(N3CCCCC3)c2n1. The van der Waals surface area contributed by atoms with Crippen LogP contribution in [0.2, 0.25) is 0 Å². The number of fused-ring (bicyclic) bond motifs is 6. The number of anilines is 4. The van der Waals surface area contributed by atoms with Gasteiger partial charge in [-0.25, -0.2) is 9.97 Å². The Morgan fingerprint density at radius 2 is 1.26 bits per heavy atom. The average Bonchev–Trinajstić information content (AvgIpc) is 3.55. The zero-order valence-electron chi connectivity index (χ0n) is 36.5. The van der Waals surface area contributed by atoms with Crippen LogP contribution in [-0.4, -0.2) is 164 Å². The van der Waals surface area contributed by atoms with E-state index in [-0.39, 0.29) is 55.4 Å². The third kappa shape index (κ3) is 8.58. The van der Waals surface area contributed by atoms with Crippen molar-refractivity contribution in [1.82, 2.24) is 19.9 Å². The molecule has 2 aliphatic heterocycles. The molecule has 7 atom stereocenters. The van der Waals surface area contributed by atoms with E-state index in [1.54, 1.807) is 22.0 Å². The molecule has 2 aromatic heterocycles. The lowest BCUT2D eigenvalue weighted by atomic mass is 9.46. The summed E-state index contributed by atoms with van der Waals surface area (Å²) in [5, 5.41) is 70.2. The third-order valence-corrected chi connectivity index (χ3v) is 15.1. The van der Waals surface area contributed by atoms with Gasteiger partial charge in [-0.3, -0.25) is 9.59 Å². The van der Waals surface area contributed by atoms with Crippen LogP contribution in [0.1, 0.15) is 84.5 Å². The van der Waals surface area contributed by atoms with Crippen LogP contribution in [0.15, 0.2) is 23.8 Å². The van der Waals surface area contributed by atoms with Gasteiger partial charge in [0.15, 0.2) is 23.2 Å².